The predicted octanol–water partition coefficient (Wildman–Crippen LogP) is 3.72. The minimum atomic E-state index is -4.69. The van der Waals surface area contributed by atoms with Crippen molar-refractivity contribution in [2.24, 2.45) is 11.8 Å². The number of ketones is 1. The molecule has 1 nitrogen and oxygen atoms in total. The second kappa shape index (κ2) is 4.00. The van der Waals surface area contributed by atoms with Gasteiger partial charge in [0.05, 0.1) is 0 Å². The van der Waals surface area contributed by atoms with Crippen LogP contribution in [0.1, 0.15) is 19.3 Å². The van der Waals surface area contributed by atoms with Crippen molar-refractivity contribution in [3.63, 3.8) is 0 Å². The number of Topliss-reactive ketones (excluding diaryl/α,β-unsaturated/α-hetero) is 1. The third-order valence-corrected chi connectivity index (χ3v) is 10.3. The van der Waals surface area contributed by atoms with E-state index in [1.165, 1.54) is 0 Å². The van der Waals surface area contributed by atoms with E-state index in [0.717, 1.165) is 22.9 Å². The molecule has 1 fully saturated rings. The first-order valence-corrected chi connectivity index (χ1v) is 16.0. The molecule has 0 aromatic carbocycles. The van der Waals surface area contributed by atoms with E-state index in [0.29, 0.717) is 5.92 Å². The molecule has 1 saturated carbocycles. The SMILES string of the molecule is [CH3][Sn]([CH3])([CH3])[C]1=C(C(=O)C(F)(F)F)C2CCCC12. The van der Waals surface area contributed by atoms with E-state index in [9.17, 15) is 18.0 Å². The molecule has 96 valence electrons. The van der Waals surface area contributed by atoms with Crippen molar-refractivity contribution < 1.29 is 18.0 Å². The summed E-state index contributed by atoms with van der Waals surface area (Å²) in [6, 6.07) is 0. The second-order valence-corrected chi connectivity index (χ2v) is 20.4. The zero-order valence-corrected chi connectivity index (χ0v) is 13.2. The quantitative estimate of drug-likeness (QED) is 0.692. The summed E-state index contributed by atoms with van der Waals surface area (Å²) in [5, 5.41) is 0. The van der Waals surface area contributed by atoms with Crippen LogP contribution in [0.4, 0.5) is 13.2 Å². The summed E-state index contributed by atoms with van der Waals surface area (Å²) < 4.78 is 38.7. The Hall–Kier alpha value is -0.00130. The third-order valence-electron chi connectivity index (χ3n) is 3.86. The normalized spacial score (nSPS) is 29.1. The van der Waals surface area contributed by atoms with Gasteiger partial charge in [-0.1, -0.05) is 0 Å². The Balaban J connectivity index is 2.41. The fraction of sp³-hybridized carbons (Fsp3) is 0.750. The van der Waals surface area contributed by atoms with Crippen molar-refractivity contribution >= 4 is 24.2 Å². The van der Waals surface area contributed by atoms with Crippen molar-refractivity contribution in [2.45, 2.75) is 40.3 Å². The van der Waals surface area contributed by atoms with E-state index in [4.69, 9.17) is 0 Å². The molecule has 0 aliphatic heterocycles. The van der Waals surface area contributed by atoms with Gasteiger partial charge in [-0.05, 0) is 0 Å². The summed E-state index contributed by atoms with van der Waals surface area (Å²) in [5.41, 5.74) is 0.170. The number of rotatable bonds is 2. The van der Waals surface area contributed by atoms with Gasteiger partial charge in [-0.3, -0.25) is 0 Å². The molecule has 2 aliphatic rings. The number of carbonyl (C=O) groups excluding carboxylic acids is 1. The summed E-state index contributed by atoms with van der Waals surface area (Å²) in [5.74, 6) is -1.32. The van der Waals surface area contributed by atoms with Gasteiger partial charge in [0.1, 0.15) is 0 Å². The maximum atomic E-state index is 12.6. The Labute approximate surface area is 103 Å². The molecular formula is C12H17F3OSn. The van der Waals surface area contributed by atoms with Crippen LogP contribution >= 0.6 is 0 Å². The number of allylic oxidation sites excluding steroid dienone is 2. The van der Waals surface area contributed by atoms with Gasteiger partial charge in [-0.25, -0.2) is 0 Å². The Kier molecular flexibility index (Phi) is 3.16. The summed E-state index contributed by atoms with van der Waals surface area (Å²) in [7, 11) is 0. The van der Waals surface area contributed by atoms with E-state index in [1.807, 2.05) is 0 Å². The van der Waals surface area contributed by atoms with Crippen molar-refractivity contribution in [3.8, 4) is 0 Å². The standard InChI is InChI=1S/C9H8F3O.3CH3.Sn/c10-9(11,12)8(13)7-4-5-2-1-3-6(5)7;;;;/h5-6H,1-3H2;3*1H3;. The van der Waals surface area contributed by atoms with Crippen molar-refractivity contribution in [3.05, 3.63) is 9.16 Å². The van der Waals surface area contributed by atoms with E-state index in [1.54, 1.807) is 0 Å². The fourth-order valence-electron chi connectivity index (χ4n) is 3.36. The Bertz CT molecular complexity index is 390. The van der Waals surface area contributed by atoms with Crippen LogP contribution in [0.15, 0.2) is 9.16 Å². The molecule has 0 aromatic rings. The molecule has 0 heterocycles. The number of hydrogen-bond acceptors (Lipinski definition) is 1. The molecule has 0 aromatic heterocycles. The van der Waals surface area contributed by atoms with Crippen LogP contribution in [0.2, 0.25) is 14.8 Å². The topological polar surface area (TPSA) is 17.1 Å². The molecule has 0 amide bonds. The number of hydrogen-bond donors (Lipinski definition) is 0. The van der Waals surface area contributed by atoms with Gasteiger partial charge in [0.2, 0.25) is 0 Å². The van der Waals surface area contributed by atoms with Crippen LogP contribution in [-0.2, 0) is 4.79 Å². The van der Waals surface area contributed by atoms with E-state index in [2.05, 4.69) is 14.8 Å². The van der Waals surface area contributed by atoms with Crippen LogP contribution in [0.25, 0.3) is 0 Å². The molecule has 0 saturated heterocycles. The average molecular weight is 353 g/mol. The van der Waals surface area contributed by atoms with Gasteiger partial charge in [-0.15, -0.1) is 0 Å². The summed E-state index contributed by atoms with van der Waals surface area (Å²) >= 11 is -2.56. The van der Waals surface area contributed by atoms with Crippen LogP contribution in [0.3, 0.4) is 0 Å². The van der Waals surface area contributed by atoms with Crippen LogP contribution in [-0.4, -0.2) is 30.3 Å². The number of fused-ring (bicyclic) bond motifs is 1. The molecule has 5 heteroatoms. The molecule has 2 unspecified atom stereocenters. The van der Waals surface area contributed by atoms with E-state index in [-0.39, 0.29) is 11.5 Å². The van der Waals surface area contributed by atoms with E-state index < -0.39 is 30.3 Å². The summed E-state index contributed by atoms with van der Waals surface area (Å²) in [4.78, 5) is 17.8. The first-order valence-electron chi connectivity index (χ1n) is 6.00. The maximum absolute atomic E-state index is 12.6. The zero-order valence-electron chi connectivity index (χ0n) is 10.3. The van der Waals surface area contributed by atoms with Crippen molar-refractivity contribution in [1.82, 2.24) is 0 Å². The average Bonchev–Trinajstić information content (AvgIpc) is 2.44. The fourth-order valence-corrected chi connectivity index (χ4v) is 10.7. The second-order valence-electron chi connectivity index (χ2n) is 6.05. The van der Waals surface area contributed by atoms with Gasteiger partial charge < -0.3 is 0 Å². The molecule has 0 radical (unpaired) electrons. The van der Waals surface area contributed by atoms with E-state index >= 15 is 0 Å². The van der Waals surface area contributed by atoms with Crippen LogP contribution in [0.5, 0.6) is 0 Å². The molecule has 0 spiro atoms. The first kappa shape index (κ1) is 13.4. The first-order chi connectivity index (χ1) is 7.64. The Morgan fingerprint density at radius 1 is 1.18 bits per heavy atom. The molecule has 2 atom stereocenters. The summed E-state index contributed by atoms with van der Waals surface area (Å²) in [6.07, 6.45) is -1.96. The van der Waals surface area contributed by atoms with Crippen molar-refractivity contribution in [2.75, 3.05) is 0 Å². The number of alkyl halides is 3. The molecular weight excluding hydrogens is 336 g/mol. The van der Waals surface area contributed by atoms with Gasteiger partial charge in [0, 0.05) is 0 Å². The molecule has 2 rings (SSSR count). The van der Waals surface area contributed by atoms with Gasteiger partial charge in [0.25, 0.3) is 0 Å². The number of carbonyl (C=O) groups is 1. The minimum absolute atomic E-state index is 0.0740. The molecule has 0 N–H and O–H groups in total. The van der Waals surface area contributed by atoms with Crippen molar-refractivity contribution in [1.29, 1.82) is 0 Å². The Morgan fingerprint density at radius 2 is 1.71 bits per heavy atom. The third kappa shape index (κ3) is 2.17. The monoisotopic (exact) mass is 354 g/mol. The van der Waals surface area contributed by atoms with Gasteiger partial charge in [-0.2, -0.15) is 0 Å². The predicted molar refractivity (Wildman–Crippen MR) is 62.3 cm³/mol. The Morgan fingerprint density at radius 3 is 2.18 bits per heavy atom. The van der Waals surface area contributed by atoms with Gasteiger partial charge in [0.15, 0.2) is 0 Å². The molecule has 2 aliphatic carbocycles. The van der Waals surface area contributed by atoms with Crippen LogP contribution < -0.4 is 0 Å². The number of halogens is 3. The van der Waals surface area contributed by atoms with Gasteiger partial charge >= 0.3 is 103 Å². The molecule has 17 heavy (non-hydrogen) atoms. The van der Waals surface area contributed by atoms with Crippen LogP contribution in [0, 0.1) is 11.8 Å². The molecule has 0 bridgehead atoms. The summed E-state index contributed by atoms with van der Waals surface area (Å²) in [6.45, 7) is 0. The zero-order chi connectivity index (χ0) is 13.0.